The SMILES string of the molecule is CCCCNC(=O)NC(=O)COC(C)C(=O)O. The number of carbonyl (C=O) groups excluding carboxylic acids is 2. The van der Waals surface area contributed by atoms with E-state index in [1.165, 1.54) is 6.92 Å². The first-order chi connectivity index (χ1) is 7.97. The summed E-state index contributed by atoms with van der Waals surface area (Å²) in [5, 5.41) is 13.0. The zero-order valence-corrected chi connectivity index (χ0v) is 9.99. The van der Waals surface area contributed by atoms with Gasteiger partial charge in [-0.2, -0.15) is 0 Å². The van der Waals surface area contributed by atoms with Crippen molar-refractivity contribution in [1.29, 1.82) is 0 Å². The summed E-state index contributed by atoms with van der Waals surface area (Å²) in [7, 11) is 0. The van der Waals surface area contributed by atoms with Crippen LogP contribution in [-0.2, 0) is 14.3 Å². The maximum Gasteiger partial charge on any atom is 0.332 e. The van der Waals surface area contributed by atoms with Crippen LogP contribution >= 0.6 is 0 Å². The Morgan fingerprint density at radius 1 is 1.35 bits per heavy atom. The van der Waals surface area contributed by atoms with Gasteiger partial charge < -0.3 is 15.2 Å². The van der Waals surface area contributed by atoms with Crippen LogP contribution in [0.1, 0.15) is 26.7 Å². The largest absolute Gasteiger partial charge is 0.479 e. The molecule has 0 aliphatic carbocycles. The van der Waals surface area contributed by atoms with Crippen LogP contribution in [0, 0.1) is 0 Å². The number of ether oxygens (including phenoxy) is 1. The topological polar surface area (TPSA) is 105 Å². The molecule has 98 valence electrons. The van der Waals surface area contributed by atoms with E-state index in [2.05, 4.69) is 5.32 Å². The third kappa shape index (κ3) is 8.21. The Kier molecular flexibility index (Phi) is 7.70. The Morgan fingerprint density at radius 2 is 2.00 bits per heavy atom. The van der Waals surface area contributed by atoms with Crippen LogP contribution in [0.25, 0.3) is 0 Å². The molecule has 3 amide bonds. The molecule has 0 rings (SSSR count). The van der Waals surface area contributed by atoms with E-state index in [1.807, 2.05) is 12.2 Å². The molecule has 3 N–H and O–H groups in total. The van der Waals surface area contributed by atoms with Crippen molar-refractivity contribution in [3.8, 4) is 0 Å². The molecule has 17 heavy (non-hydrogen) atoms. The summed E-state index contributed by atoms with van der Waals surface area (Å²) < 4.78 is 4.70. The van der Waals surface area contributed by atoms with Crippen molar-refractivity contribution in [2.75, 3.05) is 13.2 Å². The van der Waals surface area contributed by atoms with Crippen molar-refractivity contribution in [3.05, 3.63) is 0 Å². The molecule has 0 heterocycles. The molecule has 0 spiro atoms. The Labute approximate surface area is 99.5 Å². The van der Waals surface area contributed by atoms with Crippen LogP contribution in [0.5, 0.6) is 0 Å². The fourth-order valence-corrected chi connectivity index (χ4v) is 0.858. The molecule has 7 heteroatoms. The highest BCUT2D eigenvalue weighted by molar-refractivity contribution is 5.94. The van der Waals surface area contributed by atoms with E-state index in [4.69, 9.17) is 9.84 Å². The second-order valence-corrected chi connectivity index (χ2v) is 3.45. The summed E-state index contributed by atoms with van der Waals surface area (Å²) in [6, 6.07) is -0.602. The third-order valence-electron chi connectivity index (χ3n) is 1.88. The predicted molar refractivity (Wildman–Crippen MR) is 59.5 cm³/mol. The second kappa shape index (κ2) is 8.51. The number of imide groups is 1. The van der Waals surface area contributed by atoms with Gasteiger partial charge in [0.1, 0.15) is 6.61 Å². The minimum Gasteiger partial charge on any atom is -0.479 e. The van der Waals surface area contributed by atoms with Gasteiger partial charge in [0.05, 0.1) is 0 Å². The fourth-order valence-electron chi connectivity index (χ4n) is 0.858. The number of aliphatic carboxylic acids is 1. The Morgan fingerprint density at radius 3 is 2.53 bits per heavy atom. The summed E-state index contributed by atoms with van der Waals surface area (Å²) in [4.78, 5) is 32.6. The number of rotatable bonds is 7. The summed E-state index contributed by atoms with van der Waals surface area (Å²) >= 11 is 0. The van der Waals surface area contributed by atoms with Crippen molar-refractivity contribution in [3.63, 3.8) is 0 Å². The molecule has 0 saturated heterocycles. The van der Waals surface area contributed by atoms with E-state index >= 15 is 0 Å². The van der Waals surface area contributed by atoms with Crippen molar-refractivity contribution in [1.82, 2.24) is 10.6 Å². The van der Waals surface area contributed by atoms with E-state index in [1.54, 1.807) is 0 Å². The number of carbonyl (C=O) groups is 3. The van der Waals surface area contributed by atoms with Crippen molar-refractivity contribution >= 4 is 17.9 Å². The molecular weight excluding hydrogens is 228 g/mol. The van der Waals surface area contributed by atoms with E-state index in [9.17, 15) is 14.4 Å². The minimum atomic E-state index is -1.16. The van der Waals surface area contributed by atoms with E-state index in [0.29, 0.717) is 6.54 Å². The van der Waals surface area contributed by atoms with Crippen molar-refractivity contribution in [2.24, 2.45) is 0 Å². The van der Waals surface area contributed by atoms with Gasteiger partial charge in [-0.3, -0.25) is 10.1 Å². The number of carboxylic acids is 1. The smallest absolute Gasteiger partial charge is 0.332 e. The lowest BCUT2D eigenvalue weighted by Gasteiger charge is -2.08. The summed E-state index contributed by atoms with van der Waals surface area (Å²) in [6.07, 6.45) is 0.686. The highest BCUT2D eigenvalue weighted by Gasteiger charge is 2.14. The molecule has 0 aromatic carbocycles. The first-order valence-electron chi connectivity index (χ1n) is 5.39. The zero-order chi connectivity index (χ0) is 13.3. The van der Waals surface area contributed by atoms with Crippen LogP contribution < -0.4 is 10.6 Å². The number of hydrogen-bond acceptors (Lipinski definition) is 4. The number of amides is 3. The predicted octanol–water partition coefficient (Wildman–Crippen LogP) is 0.102. The Hall–Kier alpha value is -1.63. The van der Waals surface area contributed by atoms with E-state index in [-0.39, 0.29) is 0 Å². The van der Waals surface area contributed by atoms with Gasteiger partial charge in [-0.1, -0.05) is 13.3 Å². The van der Waals surface area contributed by atoms with Gasteiger partial charge in [0.25, 0.3) is 5.91 Å². The van der Waals surface area contributed by atoms with Gasteiger partial charge in [0.2, 0.25) is 0 Å². The third-order valence-corrected chi connectivity index (χ3v) is 1.88. The monoisotopic (exact) mass is 246 g/mol. The Bertz CT molecular complexity index is 280. The summed E-state index contributed by atoms with van der Waals surface area (Å²) in [5.74, 6) is -1.84. The van der Waals surface area contributed by atoms with Crippen molar-refractivity contribution < 1.29 is 24.2 Å². The van der Waals surface area contributed by atoms with Crippen molar-refractivity contribution in [2.45, 2.75) is 32.8 Å². The second-order valence-electron chi connectivity index (χ2n) is 3.45. The molecule has 0 fully saturated rings. The summed E-state index contributed by atoms with van der Waals surface area (Å²) in [6.45, 7) is 3.31. The molecule has 0 bridgehead atoms. The van der Waals surface area contributed by atoms with Gasteiger partial charge in [-0.15, -0.1) is 0 Å². The number of unbranched alkanes of at least 4 members (excludes halogenated alkanes) is 1. The van der Waals surface area contributed by atoms with Crippen LogP contribution in [0.3, 0.4) is 0 Å². The van der Waals surface area contributed by atoms with Gasteiger partial charge in [0, 0.05) is 6.54 Å². The fraction of sp³-hybridized carbons (Fsp3) is 0.700. The van der Waals surface area contributed by atoms with Gasteiger partial charge in [-0.05, 0) is 13.3 Å². The highest BCUT2D eigenvalue weighted by atomic mass is 16.5. The molecular formula is C10H18N2O5. The Balaban J connectivity index is 3.71. The molecule has 1 unspecified atom stereocenters. The molecule has 0 aromatic heterocycles. The quantitative estimate of drug-likeness (QED) is 0.553. The lowest BCUT2D eigenvalue weighted by Crippen LogP contribution is -2.42. The number of carboxylic acid groups (broad SMARTS) is 1. The van der Waals surface area contributed by atoms with Crippen LogP contribution in [0.2, 0.25) is 0 Å². The zero-order valence-electron chi connectivity index (χ0n) is 9.99. The van der Waals surface area contributed by atoms with Gasteiger partial charge in [0.15, 0.2) is 6.10 Å². The maximum atomic E-state index is 11.1. The molecule has 0 saturated carbocycles. The van der Waals surface area contributed by atoms with Gasteiger partial charge >= 0.3 is 12.0 Å². The lowest BCUT2D eigenvalue weighted by atomic mass is 10.3. The first-order valence-corrected chi connectivity index (χ1v) is 5.39. The highest BCUT2D eigenvalue weighted by Crippen LogP contribution is 1.89. The number of urea groups is 1. The molecule has 7 nitrogen and oxygen atoms in total. The minimum absolute atomic E-state index is 0.464. The molecule has 0 aromatic rings. The number of hydrogen-bond donors (Lipinski definition) is 3. The number of nitrogens with one attached hydrogen (secondary N) is 2. The summed E-state index contributed by atoms with van der Waals surface area (Å²) in [5.41, 5.74) is 0. The molecule has 0 radical (unpaired) electrons. The normalized spacial score (nSPS) is 11.6. The molecule has 0 aliphatic rings. The molecule has 0 aliphatic heterocycles. The average molecular weight is 246 g/mol. The average Bonchev–Trinajstić information content (AvgIpc) is 2.26. The van der Waals surface area contributed by atoms with Crippen LogP contribution in [-0.4, -0.2) is 42.3 Å². The standard InChI is InChI=1S/C10H18N2O5/c1-3-4-5-11-10(16)12-8(13)6-17-7(2)9(14)15/h7H,3-6H2,1-2H3,(H,14,15)(H2,11,12,13,16). The first kappa shape index (κ1) is 15.4. The van der Waals surface area contributed by atoms with Crippen LogP contribution in [0.4, 0.5) is 4.79 Å². The van der Waals surface area contributed by atoms with Crippen LogP contribution in [0.15, 0.2) is 0 Å². The lowest BCUT2D eigenvalue weighted by molar-refractivity contribution is -0.150. The van der Waals surface area contributed by atoms with E-state index in [0.717, 1.165) is 12.8 Å². The van der Waals surface area contributed by atoms with Gasteiger partial charge in [-0.25, -0.2) is 9.59 Å². The maximum absolute atomic E-state index is 11.1. The van der Waals surface area contributed by atoms with E-state index < -0.39 is 30.6 Å². The molecule has 1 atom stereocenters.